The third-order valence-corrected chi connectivity index (χ3v) is 3.90. The first-order chi connectivity index (χ1) is 9.90. The van der Waals surface area contributed by atoms with Gasteiger partial charge in [0.1, 0.15) is 5.75 Å². The maximum atomic E-state index is 12.3. The number of hydrogen-bond acceptors (Lipinski definition) is 2. The van der Waals surface area contributed by atoms with Crippen LogP contribution in [0.15, 0.2) is 36.4 Å². The minimum absolute atomic E-state index is 0.298. The summed E-state index contributed by atoms with van der Waals surface area (Å²) in [5.41, 5.74) is 5.12. The van der Waals surface area contributed by atoms with Gasteiger partial charge in [-0.25, -0.2) is 4.79 Å². The highest BCUT2D eigenvalue weighted by atomic mass is 16.5. The molecule has 2 heteroatoms. The Hall–Kier alpha value is -2.09. The third kappa shape index (κ3) is 3.33. The van der Waals surface area contributed by atoms with Gasteiger partial charge in [0, 0.05) is 0 Å². The number of aryl methyl sites for hydroxylation is 2. The van der Waals surface area contributed by atoms with Crippen LogP contribution in [0.3, 0.4) is 0 Å². The molecule has 0 aromatic heterocycles. The Balaban J connectivity index is 2.24. The zero-order chi connectivity index (χ0) is 15.6. The number of carbonyl (C=O) groups excluding carboxylic acids is 1. The molecule has 0 saturated heterocycles. The number of benzene rings is 2. The minimum Gasteiger partial charge on any atom is -0.423 e. The molecule has 2 aromatic carbocycles. The molecular weight excluding hydrogens is 260 g/mol. The van der Waals surface area contributed by atoms with Crippen LogP contribution in [0.4, 0.5) is 0 Å². The average molecular weight is 282 g/mol. The first-order valence-electron chi connectivity index (χ1n) is 7.29. The second-order valence-corrected chi connectivity index (χ2v) is 5.81. The molecule has 0 saturated carbocycles. The van der Waals surface area contributed by atoms with Crippen LogP contribution >= 0.6 is 0 Å². The Kier molecular flexibility index (Phi) is 4.46. The summed E-state index contributed by atoms with van der Waals surface area (Å²) in [5, 5.41) is 0. The van der Waals surface area contributed by atoms with E-state index >= 15 is 0 Å². The summed E-state index contributed by atoms with van der Waals surface area (Å²) < 4.78 is 5.51. The molecule has 0 fully saturated rings. The van der Waals surface area contributed by atoms with Crippen molar-refractivity contribution in [3.05, 3.63) is 64.2 Å². The van der Waals surface area contributed by atoms with Gasteiger partial charge in [0.05, 0.1) is 5.56 Å². The largest absolute Gasteiger partial charge is 0.423 e. The topological polar surface area (TPSA) is 26.3 Å². The van der Waals surface area contributed by atoms with Gasteiger partial charge in [-0.3, -0.25) is 0 Å². The Morgan fingerprint density at radius 3 is 2.33 bits per heavy atom. The van der Waals surface area contributed by atoms with E-state index < -0.39 is 0 Å². The van der Waals surface area contributed by atoms with E-state index in [1.54, 1.807) is 6.07 Å². The lowest BCUT2D eigenvalue weighted by Gasteiger charge is -2.12. The molecule has 0 radical (unpaired) electrons. The maximum absolute atomic E-state index is 12.3. The molecule has 21 heavy (non-hydrogen) atoms. The van der Waals surface area contributed by atoms with E-state index in [9.17, 15) is 4.79 Å². The summed E-state index contributed by atoms with van der Waals surface area (Å²) in [7, 11) is 0. The summed E-state index contributed by atoms with van der Waals surface area (Å²) in [6.07, 6.45) is 0. The molecule has 0 heterocycles. The van der Waals surface area contributed by atoms with E-state index in [0.29, 0.717) is 17.2 Å². The molecule has 0 atom stereocenters. The molecule has 0 spiro atoms. The van der Waals surface area contributed by atoms with Crippen LogP contribution in [-0.4, -0.2) is 5.97 Å². The van der Waals surface area contributed by atoms with Crippen LogP contribution in [0.25, 0.3) is 0 Å². The van der Waals surface area contributed by atoms with Crippen molar-refractivity contribution in [1.82, 2.24) is 0 Å². The minimum atomic E-state index is -0.298. The predicted molar refractivity (Wildman–Crippen MR) is 86.1 cm³/mol. The van der Waals surface area contributed by atoms with Crippen LogP contribution in [0.5, 0.6) is 5.75 Å². The van der Waals surface area contributed by atoms with E-state index in [0.717, 1.165) is 16.7 Å². The summed E-state index contributed by atoms with van der Waals surface area (Å²) in [6.45, 7) is 10.3. The van der Waals surface area contributed by atoms with Gasteiger partial charge in [0.15, 0.2) is 0 Å². The number of rotatable bonds is 3. The first kappa shape index (κ1) is 15.3. The van der Waals surface area contributed by atoms with E-state index in [4.69, 9.17) is 4.74 Å². The van der Waals surface area contributed by atoms with Crippen molar-refractivity contribution >= 4 is 5.97 Å². The zero-order valence-electron chi connectivity index (χ0n) is 13.4. The Labute approximate surface area is 126 Å². The lowest BCUT2D eigenvalue weighted by atomic mass is 9.98. The predicted octanol–water partition coefficient (Wildman–Crippen LogP) is 4.95. The Bertz CT molecular complexity index is 669. The van der Waals surface area contributed by atoms with Crippen molar-refractivity contribution in [2.24, 2.45) is 0 Å². The normalized spacial score (nSPS) is 10.8. The summed E-state index contributed by atoms with van der Waals surface area (Å²) in [6, 6.07) is 11.5. The van der Waals surface area contributed by atoms with Crippen molar-refractivity contribution < 1.29 is 9.53 Å². The smallest absolute Gasteiger partial charge is 0.343 e. The number of carbonyl (C=O) groups is 1. The highest BCUT2D eigenvalue weighted by Crippen LogP contribution is 2.24. The van der Waals surface area contributed by atoms with Crippen LogP contribution in [-0.2, 0) is 0 Å². The van der Waals surface area contributed by atoms with E-state index in [2.05, 4.69) is 13.8 Å². The second-order valence-electron chi connectivity index (χ2n) is 5.81. The van der Waals surface area contributed by atoms with E-state index in [1.807, 2.05) is 51.1 Å². The quantitative estimate of drug-likeness (QED) is 0.588. The van der Waals surface area contributed by atoms with Crippen LogP contribution in [0, 0.1) is 20.8 Å². The van der Waals surface area contributed by atoms with E-state index in [-0.39, 0.29) is 5.97 Å². The number of hydrogen-bond donors (Lipinski definition) is 0. The van der Waals surface area contributed by atoms with Crippen LogP contribution in [0.2, 0.25) is 0 Å². The molecule has 0 aliphatic rings. The summed E-state index contributed by atoms with van der Waals surface area (Å²) in [5.74, 6) is 0.768. The Morgan fingerprint density at radius 1 is 1.00 bits per heavy atom. The summed E-state index contributed by atoms with van der Waals surface area (Å²) in [4.78, 5) is 12.3. The van der Waals surface area contributed by atoms with Crippen molar-refractivity contribution in [2.75, 3.05) is 0 Å². The van der Waals surface area contributed by atoms with Crippen molar-refractivity contribution in [3.63, 3.8) is 0 Å². The molecule has 0 aliphatic carbocycles. The molecule has 110 valence electrons. The fraction of sp³-hybridized carbons (Fsp3) is 0.316. The first-order valence-corrected chi connectivity index (χ1v) is 7.29. The lowest BCUT2D eigenvalue weighted by Crippen LogP contribution is -2.11. The molecule has 0 amide bonds. The van der Waals surface area contributed by atoms with Crippen molar-refractivity contribution in [1.29, 1.82) is 0 Å². The standard InChI is InChI=1S/C19H22O2/c1-12(2)17-10-9-16(11-14(17)4)21-19(20)18-8-6-7-13(3)15(18)5/h6-12H,1-5H3. The van der Waals surface area contributed by atoms with Gasteiger partial charge in [-0.2, -0.15) is 0 Å². The zero-order valence-corrected chi connectivity index (χ0v) is 13.4. The van der Waals surface area contributed by atoms with Gasteiger partial charge in [0.2, 0.25) is 0 Å². The molecule has 0 bridgehead atoms. The van der Waals surface area contributed by atoms with Gasteiger partial charge in [-0.05, 0) is 67.1 Å². The van der Waals surface area contributed by atoms with Gasteiger partial charge < -0.3 is 4.74 Å². The maximum Gasteiger partial charge on any atom is 0.343 e. The summed E-state index contributed by atoms with van der Waals surface area (Å²) >= 11 is 0. The molecule has 2 nitrogen and oxygen atoms in total. The van der Waals surface area contributed by atoms with Gasteiger partial charge in [-0.1, -0.05) is 32.0 Å². The molecular formula is C19H22O2. The lowest BCUT2D eigenvalue weighted by molar-refractivity contribution is 0.0734. The fourth-order valence-electron chi connectivity index (χ4n) is 2.49. The van der Waals surface area contributed by atoms with E-state index in [1.165, 1.54) is 5.56 Å². The number of ether oxygens (including phenoxy) is 1. The van der Waals surface area contributed by atoms with Crippen LogP contribution < -0.4 is 4.74 Å². The highest BCUT2D eigenvalue weighted by Gasteiger charge is 2.13. The highest BCUT2D eigenvalue weighted by molar-refractivity contribution is 5.92. The molecule has 2 rings (SSSR count). The van der Waals surface area contributed by atoms with Crippen molar-refractivity contribution in [3.8, 4) is 5.75 Å². The van der Waals surface area contributed by atoms with Crippen molar-refractivity contribution in [2.45, 2.75) is 40.5 Å². The molecule has 0 unspecified atom stereocenters. The van der Waals surface area contributed by atoms with Gasteiger partial charge in [-0.15, -0.1) is 0 Å². The average Bonchev–Trinajstić information content (AvgIpc) is 2.41. The Morgan fingerprint density at radius 2 is 1.71 bits per heavy atom. The van der Waals surface area contributed by atoms with Gasteiger partial charge >= 0.3 is 5.97 Å². The molecule has 0 aliphatic heterocycles. The second kappa shape index (κ2) is 6.13. The number of esters is 1. The SMILES string of the molecule is Cc1cc(OC(=O)c2cccc(C)c2C)ccc1C(C)C. The molecule has 0 N–H and O–H groups in total. The third-order valence-electron chi connectivity index (χ3n) is 3.90. The monoisotopic (exact) mass is 282 g/mol. The fourth-order valence-corrected chi connectivity index (χ4v) is 2.49. The van der Waals surface area contributed by atoms with Gasteiger partial charge in [0.25, 0.3) is 0 Å². The van der Waals surface area contributed by atoms with Crippen LogP contribution in [0.1, 0.15) is 52.4 Å². The molecule has 2 aromatic rings.